The van der Waals surface area contributed by atoms with E-state index in [0.717, 1.165) is 11.1 Å². The number of aliphatic hydroxyl groups excluding tert-OH is 1. The Morgan fingerprint density at radius 3 is 1.90 bits per heavy atom. The monoisotopic (exact) mass is 427 g/mol. The van der Waals surface area contributed by atoms with E-state index in [4.69, 9.17) is 5.73 Å². The fourth-order valence-electron chi connectivity index (χ4n) is 3.46. The molecule has 2 aromatic rings. The minimum atomic E-state index is -1.20. The zero-order chi connectivity index (χ0) is 22.8. The van der Waals surface area contributed by atoms with Crippen LogP contribution in [0.4, 0.5) is 4.79 Å². The van der Waals surface area contributed by atoms with Gasteiger partial charge < -0.3 is 26.6 Å². The van der Waals surface area contributed by atoms with Crippen molar-refractivity contribution in [3.05, 3.63) is 71.8 Å². The second-order valence-corrected chi connectivity index (χ2v) is 8.21. The summed E-state index contributed by atoms with van der Waals surface area (Å²) >= 11 is 0. The summed E-state index contributed by atoms with van der Waals surface area (Å²) in [6.45, 7) is 3.75. The molecule has 0 radical (unpaired) electrons. The normalized spacial score (nSPS) is 15.0. The predicted molar refractivity (Wildman–Crippen MR) is 121 cm³/mol. The maximum Gasteiger partial charge on any atom is 0.404 e. The van der Waals surface area contributed by atoms with Gasteiger partial charge in [-0.15, -0.1) is 0 Å². The molecule has 2 rings (SSSR count). The molecule has 168 valence electrons. The van der Waals surface area contributed by atoms with E-state index in [1.54, 1.807) is 0 Å². The molecule has 6 N–H and O–H groups in total. The SMILES string of the molecule is CC(C)C(N)C(=O)NC(Cc1ccccc1)CC(O)C(Cc1ccccc1)NC(=O)O. The lowest BCUT2D eigenvalue weighted by Crippen LogP contribution is -2.51. The lowest BCUT2D eigenvalue weighted by atomic mass is 9.93. The van der Waals surface area contributed by atoms with Gasteiger partial charge in [0.2, 0.25) is 5.91 Å². The van der Waals surface area contributed by atoms with Crippen molar-refractivity contribution >= 4 is 12.0 Å². The van der Waals surface area contributed by atoms with Gasteiger partial charge in [-0.25, -0.2) is 4.79 Å². The number of hydrogen-bond acceptors (Lipinski definition) is 4. The highest BCUT2D eigenvalue weighted by molar-refractivity contribution is 5.82. The molecule has 7 heteroatoms. The van der Waals surface area contributed by atoms with Gasteiger partial charge in [0.05, 0.1) is 18.2 Å². The molecule has 7 nitrogen and oxygen atoms in total. The Morgan fingerprint density at radius 1 is 0.903 bits per heavy atom. The van der Waals surface area contributed by atoms with Crippen molar-refractivity contribution in [1.82, 2.24) is 10.6 Å². The third-order valence-electron chi connectivity index (χ3n) is 5.29. The molecular weight excluding hydrogens is 394 g/mol. The van der Waals surface area contributed by atoms with Crippen molar-refractivity contribution in [3.8, 4) is 0 Å². The Balaban J connectivity index is 2.16. The second-order valence-electron chi connectivity index (χ2n) is 8.21. The third kappa shape index (κ3) is 8.39. The van der Waals surface area contributed by atoms with Gasteiger partial charge in [-0.05, 0) is 36.3 Å². The van der Waals surface area contributed by atoms with E-state index < -0.39 is 30.3 Å². The molecule has 2 amide bonds. The number of benzene rings is 2. The summed E-state index contributed by atoms with van der Waals surface area (Å²) < 4.78 is 0. The predicted octanol–water partition coefficient (Wildman–Crippen LogP) is 2.33. The van der Waals surface area contributed by atoms with Gasteiger partial charge in [-0.3, -0.25) is 4.79 Å². The zero-order valence-corrected chi connectivity index (χ0v) is 18.1. The molecule has 4 atom stereocenters. The number of nitrogens with one attached hydrogen (secondary N) is 2. The number of rotatable bonds is 11. The van der Waals surface area contributed by atoms with Crippen LogP contribution < -0.4 is 16.4 Å². The zero-order valence-electron chi connectivity index (χ0n) is 18.1. The molecule has 0 bridgehead atoms. The van der Waals surface area contributed by atoms with Crippen molar-refractivity contribution in [2.24, 2.45) is 11.7 Å². The maximum atomic E-state index is 12.6. The first kappa shape index (κ1) is 24.4. The lowest BCUT2D eigenvalue weighted by Gasteiger charge is -2.29. The van der Waals surface area contributed by atoms with Crippen LogP contribution >= 0.6 is 0 Å². The molecule has 2 aromatic carbocycles. The lowest BCUT2D eigenvalue weighted by molar-refractivity contribution is -0.124. The summed E-state index contributed by atoms with van der Waals surface area (Å²) in [5.41, 5.74) is 7.91. The fourth-order valence-corrected chi connectivity index (χ4v) is 3.46. The maximum absolute atomic E-state index is 12.6. The molecular formula is C24H33N3O4. The summed E-state index contributed by atoms with van der Waals surface area (Å²) in [4.78, 5) is 23.9. The molecule has 0 aromatic heterocycles. The first-order chi connectivity index (χ1) is 14.8. The number of amides is 2. The van der Waals surface area contributed by atoms with Crippen LogP contribution in [0, 0.1) is 5.92 Å². The molecule has 0 saturated heterocycles. The minimum absolute atomic E-state index is 0.0261. The fraction of sp³-hybridized carbons (Fsp3) is 0.417. The minimum Gasteiger partial charge on any atom is -0.465 e. The van der Waals surface area contributed by atoms with E-state index >= 15 is 0 Å². The van der Waals surface area contributed by atoms with E-state index in [0.29, 0.717) is 12.8 Å². The van der Waals surface area contributed by atoms with Crippen LogP contribution in [0.2, 0.25) is 0 Å². The quantitative estimate of drug-likeness (QED) is 0.376. The number of aliphatic hydroxyl groups is 1. The molecule has 0 spiro atoms. The average molecular weight is 428 g/mol. The van der Waals surface area contributed by atoms with Gasteiger partial charge in [0, 0.05) is 6.04 Å². The molecule has 0 aliphatic heterocycles. The van der Waals surface area contributed by atoms with E-state index in [1.807, 2.05) is 74.5 Å². The summed E-state index contributed by atoms with van der Waals surface area (Å²) in [7, 11) is 0. The first-order valence-corrected chi connectivity index (χ1v) is 10.6. The number of nitrogens with two attached hydrogens (primary N) is 1. The third-order valence-corrected chi connectivity index (χ3v) is 5.29. The molecule has 0 aliphatic carbocycles. The van der Waals surface area contributed by atoms with Crippen LogP contribution in [0.5, 0.6) is 0 Å². The molecule has 0 heterocycles. The van der Waals surface area contributed by atoms with Gasteiger partial charge in [-0.2, -0.15) is 0 Å². The first-order valence-electron chi connectivity index (χ1n) is 10.6. The van der Waals surface area contributed by atoms with E-state index in [2.05, 4.69) is 10.6 Å². The van der Waals surface area contributed by atoms with Crippen LogP contribution in [0.15, 0.2) is 60.7 Å². The standard InChI is InChI=1S/C24H33N3O4/c1-16(2)22(25)23(29)26-19(13-17-9-5-3-6-10-17)15-21(28)20(27-24(30)31)14-18-11-7-4-8-12-18/h3-12,16,19-22,27-28H,13-15,25H2,1-2H3,(H,26,29)(H,30,31). The van der Waals surface area contributed by atoms with Crippen molar-refractivity contribution < 1.29 is 19.8 Å². The van der Waals surface area contributed by atoms with E-state index in [-0.39, 0.29) is 18.2 Å². The van der Waals surface area contributed by atoms with E-state index in [9.17, 15) is 19.8 Å². The Hall–Kier alpha value is -2.90. The van der Waals surface area contributed by atoms with Gasteiger partial charge >= 0.3 is 6.09 Å². The van der Waals surface area contributed by atoms with Crippen LogP contribution in [-0.4, -0.2) is 46.4 Å². The molecule has 0 fully saturated rings. The average Bonchev–Trinajstić information content (AvgIpc) is 2.73. The smallest absolute Gasteiger partial charge is 0.404 e. The Labute approximate surface area is 183 Å². The van der Waals surface area contributed by atoms with Crippen molar-refractivity contribution in [2.45, 2.75) is 57.3 Å². The summed E-state index contributed by atoms with van der Waals surface area (Å²) in [6, 6.07) is 17.2. The Morgan fingerprint density at radius 2 is 1.42 bits per heavy atom. The van der Waals surface area contributed by atoms with Gasteiger partial charge in [0.1, 0.15) is 0 Å². The highest BCUT2D eigenvalue weighted by Gasteiger charge is 2.27. The molecule has 31 heavy (non-hydrogen) atoms. The summed E-state index contributed by atoms with van der Waals surface area (Å²) in [5, 5.41) is 25.5. The van der Waals surface area contributed by atoms with Gasteiger partial charge in [-0.1, -0.05) is 74.5 Å². The number of carboxylic acid groups (broad SMARTS) is 1. The van der Waals surface area contributed by atoms with Crippen LogP contribution in [0.3, 0.4) is 0 Å². The molecule has 4 unspecified atom stereocenters. The largest absolute Gasteiger partial charge is 0.465 e. The van der Waals surface area contributed by atoms with Crippen molar-refractivity contribution in [3.63, 3.8) is 0 Å². The summed E-state index contributed by atoms with van der Waals surface area (Å²) in [5.74, 6) is -0.310. The van der Waals surface area contributed by atoms with Gasteiger partial charge in [0.15, 0.2) is 0 Å². The Kier molecular flexibility index (Phi) is 9.49. The van der Waals surface area contributed by atoms with Crippen LogP contribution in [0.1, 0.15) is 31.4 Å². The van der Waals surface area contributed by atoms with Gasteiger partial charge in [0.25, 0.3) is 0 Å². The highest BCUT2D eigenvalue weighted by atomic mass is 16.4. The Bertz CT molecular complexity index is 814. The number of carbonyl (C=O) groups excluding carboxylic acids is 1. The topological polar surface area (TPSA) is 125 Å². The van der Waals surface area contributed by atoms with Crippen LogP contribution in [0.25, 0.3) is 0 Å². The summed E-state index contributed by atoms with van der Waals surface area (Å²) in [6.07, 6.45) is -1.18. The van der Waals surface area contributed by atoms with Crippen molar-refractivity contribution in [2.75, 3.05) is 0 Å². The number of hydrogen-bond donors (Lipinski definition) is 5. The number of carbonyl (C=O) groups is 2. The molecule has 0 aliphatic rings. The second kappa shape index (κ2) is 12.1. The van der Waals surface area contributed by atoms with Crippen LogP contribution in [-0.2, 0) is 17.6 Å². The molecule has 0 saturated carbocycles. The van der Waals surface area contributed by atoms with Crippen molar-refractivity contribution in [1.29, 1.82) is 0 Å². The van der Waals surface area contributed by atoms with E-state index in [1.165, 1.54) is 0 Å². The highest BCUT2D eigenvalue weighted by Crippen LogP contribution is 2.14.